The molecule has 0 unspecified atom stereocenters. The fraction of sp³-hybridized carbons (Fsp3) is 0. The predicted molar refractivity (Wildman–Crippen MR) is 81.6 cm³/mol. The maximum absolute atomic E-state index is 12.3. The SMILES string of the molecule is C#Cc1cccc(NS(=O)(=O)c2cccc(Cl)c2Cl)c1. The van der Waals surface area contributed by atoms with E-state index in [2.05, 4.69) is 10.6 Å². The highest BCUT2D eigenvalue weighted by molar-refractivity contribution is 7.92. The molecule has 0 amide bonds. The van der Waals surface area contributed by atoms with Gasteiger partial charge in [-0.1, -0.05) is 41.3 Å². The normalized spacial score (nSPS) is 10.8. The molecule has 0 saturated carbocycles. The van der Waals surface area contributed by atoms with E-state index in [4.69, 9.17) is 29.6 Å². The zero-order valence-electron chi connectivity index (χ0n) is 10.1. The van der Waals surface area contributed by atoms with Crippen LogP contribution in [0.5, 0.6) is 0 Å². The summed E-state index contributed by atoms with van der Waals surface area (Å²) in [6.45, 7) is 0. The standard InChI is InChI=1S/C14H9Cl2NO2S/c1-2-10-5-3-6-11(9-10)17-20(18,19)13-8-4-7-12(15)14(13)16/h1,3-9,17H. The van der Waals surface area contributed by atoms with Gasteiger partial charge in [-0.2, -0.15) is 0 Å². The minimum Gasteiger partial charge on any atom is -0.280 e. The molecule has 0 atom stereocenters. The van der Waals surface area contributed by atoms with Gasteiger partial charge in [0, 0.05) is 5.56 Å². The van der Waals surface area contributed by atoms with E-state index in [9.17, 15) is 8.42 Å². The lowest BCUT2D eigenvalue weighted by Gasteiger charge is -2.10. The third-order valence-electron chi connectivity index (χ3n) is 2.49. The molecule has 2 aromatic carbocycles. The third-order valence-corrected chi connectivity index (χ3v) is 4.84. The fourth-order valence-electron chi connectivity index (χ4n) is 1.57. The van der Waals surface area contributed by atoms with E-state index >= 15 is 0 Å². The highest BCUT2D eigenvalue weighted by Gasteiger charge is 2.19. The summed E-state index contributed by atoms with van der Waals surface area (Å²) in [7, 11) is -3.83. The van der Waals surface area contributed by atoms with Gasteiger partial charge in [0.2, 0.25) is 0 Å². The van der Waals surface area contributed by atoms with E-state index in [1.807, 2.05) is 0 Å². The van der Waals surface area contributed by atoms with Crippen molar-refractivity contribution in [2.45, 2.75) is 4.90 Å². The van der Waals surface area contributed by atoms with Crippen molar-refractivity contribution in [2.75, 3.05) is 4.72 Å². The van der Waals surface area contributed by atoms with Crippen LogP contribution < -0.4 is 4.72 Å². The van der Waals surface area contributed by atoms with Crippen molar-refractivity contribution in [3.63, 3.8) is 0 Å². The minimum atomic E-state index is -3.83. The topological polar surface area (TPSA) is 46.2 Å². The minimum absolute atomic E-state index is 0.0187. The predicted octanol–water partition coefficient (Wildman–Crippen LogP) is 3.78. The summed E-state index contributed by atoms with van der Waals surface area (Å²) in [6, 6.07) is 10.9. The number of sulfonamides is 1. The molecule has 0 bridgehead atoms. The quantitative estimate of drug-likeness (QED) is 0.873. The summed E-state index contributed by atoms with van der Waals surface area (Å²) in [4.78, 5) is -0.0854. The Bertz CT molecular complexity index is 795. The number of terminal acetylenes is 1. The molecule has 6 heteroatoms. The van der Waals surface area contributed by atoms with E-state index in [1.54, 1.807) is 24.3 Å². The Morgan fingerprint density at radius 3 is 2.50 bits per heavy atom. The number of hydrogen-bond acceptors (Lipinski definition) is 2. The summed E-state index contributed by atoms with van der Waals surface area (Å²) in [6.07, 6.45) is 5.27. The number of anilines is 1. The average molecular weight is 326 g/mol. The van der Waals surface area contributed by atoms with Crippen molar-refractivity contribution in [1.29, 1.82) is 0 Å². The lowest BCUT2D eigenvalue weighted by atomic mass is 10.2. The van der Waals surface area contributed by atoms with Gasteiger partial charge in [0.05, 0.1) is 15.7 Å². The van der Waals surface area contributed by atoms with E-state index in [0.29, 0.717) is 11.3 Å². The molecule has 0 spiro atoms. The molecule has 0 aromatic heterocycles. The van der Waals surface area contributed by atoms with Crippen LogP contribution in [0.1, 0.15) is 5.56 Å². The van der Waals surface area contributed by atoms with Gasteiger partial charge in [-0.05, 0) is 30.3 Å². The lowest BCUT2D eigenvalue weighted by molar-refractivity contribution is 0.601. The maximum Gasteiger partial charge on any atom is 0.263 e. The first-order valence-corrected chi connectivity index (χ1v) is 7.71. The number of benzene rings is 2. The number of rotatable bonds is 3. The maximum atomic E-state index is 12.3. The number of nitrogens with one attached hydrogen (secondary N) is 1. The van der Waals surface area contributed by atoms with Crippen molar-refractivity contribution < 1.29 is 8.42 Å². The molecule has 0 radical (unpaired) electrons. The average Bonchev–Trinajstić information content (AvgIpc) is 2.41. The summed E-state index contributed by atoms with van der Waals surface area (Å²) in [5, 5.41) is 0.154. The largest absolute Gasteiger partial charge is 0.280 e. The Morgan fingerprint density at radius 2 is 1.80 bits per heavy atom. The second kappa shape index (κ2) is 5.76. The van der Waals surface area contributed by atoms with Gasteiger partial charge < -0.3 is 0 Å². The van der Waals surface area contributed by atoms with Crippen LogP contribution in [0.25, 0.3) is 0 Å². The van der Waals surface area contributed by atoms with Crippen molar-refractivity contribution in [3.8, 4) is 12.3 Å². The van der Waals surface area contributed by atoms with Crippen LogP contribution >= 0.6 is 23.2 Å². The van der Waals surface area contributed by atoms with Gasteiger partial charge in [0.25, 0.3) is 10.0 Å². The van der Waals surface area contributed by atoms with Crippen molar-refractivity contribution in [1.82, 2.24) is 0 Å². The van der Waals surface area contributed by atoms with Crippen LogP contribution in [0.4, 0.5) is 5.69 Å². The van der Waals surface area contributed by atoms with E-state index in [0.717, 1.165) is 0 Å². The Labute approximate surface area is 127 Å². The van der Waals surface area contributed by atoms with Crippen molar-refractivity contribution in [2.24, 2.45) is 0 Å². The van der Waals surface area contributed by atoms with Crippen molar-refractivity contribution in [3.05, 3.63) is 58.1 Å². The Morgan fingerprint density at radius 1 is 1.10 bits per heavy atom. The molecule has 102 valence electrons. The van der Waals surface area contributed by atoms with Crippen LogP contribution in [-0.2, 0) is 10.0 Å². The zero-order valence-corrected chi connectivity index (χ0v) is 12.4. The molecule has 0 aliphatic heterocycles. The third kappa shape index (κ3) is 3.07. The van der Waals surface area contributed by atoms with Crippen LogP contribution in [-0.4, -0.2) is 8.42 Å². The molecule has 0 aliphatic rings. The van der Waals surface area contributed by atoms with Crippen molar-refractivity contribution >= 4 is 38.9 Å². The number of hydrogen-bond donors (Lipinski definition) is 1. The van der Waals surface area contributed by atoms with Crippen LogP contribution in [0, 0.1) is 12.3 Å². The van der Waals surface area contributed by atoms with Gasteiger partial charge >= 0.3 is 0 Å². The summed E-state index contributed by atoms with van der Waals surface area (Å²) in [5.41, 5.74) is 0.930. The van der Waals surface area contributed by atoms with Gasteiger partial charge in [-0.15, -0.1) is 6.42 Å². The molecule has 0 fully saturated rings. The Balaban J connectivity index is 2.41. The lowest BCUT2D eigenvalue weighted by Crippen LogP contribution is -2.13. The molecular formula is C14H9Cl2NO2S. The smallest absolute Gasteiger partial charge is 0.263 e. The Hall–Kier alpha value is -1.67. The first-order valence-electron chi connectivity index (χ1n) is 5.47. The van der Waals surface area contributed by atoms with Crippen LogP contribution in [0.3, 0.4) is 0 Å². The molecule has 0 saturated heterocycles. The van der Waals surface area contributed by atoms with Gasteiger partial charge in [-0.3, -0.25) is 4.72 Å². The molecule has 1 N–H and O–H groups in total. The fourth-order valence-corrected chi connectivity index (χ4v) is 3.39. The highest BCUT2D eigenvalue weighted by atomic mass is 35.5. The van der Waals surface area contributed by atoms with E-state index in [-0.39, 0.29) is 14.9 Å². The number of halogens is 2. The van der Waals surface area contributed by atoms with Gasteiger partial charge in [0.15, 0.2) is 0 Å². The molecular weight excluding hydrogens is 317 g/mol. The monoisotopic (exact) mass is 325 g/mol. The summed E-state index contributed by atoms with van der Waals surface area (Å²) >= 11 is 11.7. The molecule has 0 aliphatic carbocycles. The molecule has 2 rings (SSSR count). The molecule has 0 heterocycles. The first kappa shape index (κ1) is 14.7. The second-order valence-electron chi connectivity index (χ2n) is 3.88. The second-order valence-corrected chi connectivity index (χ2v) is 6.32. The summed E-state index contributed by atoms with van der Waals surface area (Å²) in [5.74, 6) is 2.43. The molecule has 3 nitrogen and oxygen atoms in total. The summed E-state index contributed by atoms with van der Waals surface area (Å²) < 4.78 is 26.9. The molecule has 2 aromatic rings. The van der Waals surface area contributed by atoms with E-state index < -0.39 is 10.0 Å². The van der Waals surface area contributed by atoms with Gasteiger partial charge in [0.1, 0.15) is 4.90 Å². The van der Waals surface area contributed by atoms with Crippen LogP contribution in [0.15, 0.2) is 47.4 Å². The van der Waals surface area contributed by atoms with E-state index in [1.165, 1.54) is 18.2 Å². The van der Waals surface area contributed by atoms with Gasteiger partial charge in [-0.25, -0.2) is 8.42 Å². The molecule has 20 heavy (non-hydrogen) atoms. The zero-order chi connectivity index (χ0) is 14.8. The van der Waals surface area contributed by atoms with Crippen LogP contribution in [0.2, 0.25) is 10.0 Å². The highest BCUT2D eigenvalue weighted by Crippen LogP contribution is 2.30. The Kier molecular flexibility index (Phi) is 4.24. The first-order chi connectivity index (χ1) is 9.44.